The Kier molecular flexibility index (Phi) is 12.7. The van der Waals surface area contributed by atoms with E-state index < -0.39 is 47.3 Å². The van der Waals surface area contributed by atoms with E-state index in [0.29, 0.717) is 6.42 Å². The van der Waals surface area contributed by atoms with Crippen LogP contribution in [-0.4, -0.2) is 65.7 Å². The molecule has 3 atom stereocenters. The number of aliphatic hydroxyl groups is 1. The average molecular weight is 633 g/mol. The highest BCUT2D eigenvalue weighted by Crippen LogP contribution is 2.22. The summed E-state index contributed by atoms with van der Waals surface area (Å²) < 4.78 is 10.3. The van der Waals surface area contributed by atoms with Crippen LogP contribution in [0.3, 0.4) is 0 Å². The number of amides is 3. The van der Waals surface area contributed by atoms with E-state index in [2.05, 4.69) is 16.1 Å². The number of hydrogen-bond donors (Lipinski definition) is 4. The lowest BCUT2D eigenvalue weighted by molar-refractivity contribution is -0.127. The summed E-state index contributed by atoms with van der Waals surface area (Å²) in [6, 6.07) is 25.7. The van der Waals surface area contributed by atoms with Crippen molar-refractivity contribution in [1.29, 1.82) is 0 Å². The van der Waals surface area contributed by atoms with Crippen LogP contribution in [0.1, 0.15) is 52.7 Å². The van der Waals surface area contributed by atoms with Crippen molar-refractivity contribution in [3.05, 3.63) is 96.1 Å². The molecule has 0 heterocycles. The van der Waals surface area contributed by atoms with Crippen LogP contribution in [0.15, 0.2) is 84.9 Å². The van der Waals surface area contributed by atoms with Gasteiger partial charge in [-0.3, -0.25) is 10.2 Å². The molecule has 0 saturated heterocycles. The van der Waals surface area contributed by atoms with E-state index in [4.69, 9.17) is 9.47 Å². The van der Waals surface area contributed by atoms with Crippen LogP contribution in [0.5, 0.6) is 0 Å². The number of nitrogens with zero attached hydrogens (tertiary/aromatic N) is 1. The lowest BCUT2D eigenvalue weighted by Gasteiger charge is -2.34. The van der Waals surface area contributed by atoms with E-state index in [1.54, 1.807) is 25.8 Å². The van der Waals surface area contributed by atoms with Gasteiger partial charge < -0.3 is 25.2 Å². The van der Waals surface area contributed by atoms with Gasteiger partial charge in [0.25, 0.3) is 0 Å². The third kappa shape index (κ3) is 11.8. The number of carbonyl (C=O) groups excluding carboxylic acids is 3. The van der Waals surface area contributed by atoms with E-state index in [1.807, 2.05) is 106 Å². The molecule has 3 aromatic carbocycles. The van der Waals surface area contributed by atoms with Crippen molar-refractivity contribution < 1.29 is 29.0 Å². The lowest BCUT2D eigenvalue weighted by Crippen LogP contribution is -2.59. The second kappa shape index (κ2) is 16.2. The fraction of sp³-hybridized carbons (Fsp3) is 0.417. The van der Waals surface area contributed by atoms with Gasteiger partial charge in [0.05, 0.1) is 19.3 Å². The Morgan fingerprint density at radius 1 is 0.761 bits per heavy atom. The molecule has 0 saturated carbocycles. The largest absolute Gasteiger partial charge is 0.453 e. The highest BCUT2D eigenvalue weighted by atomic mass is 16.6. The van der Waals surface area contributed by atoms with Gasteiger partial charge in [0.15, 0.2) is 0 Å². The van der Waals surface area contributed by atoms with Gasteiger partial charge in [-0.05, 0) is 54.9 Å². The molecule has 248 valence electrons. The number of alkyl carbamates (subject to hydrolysis) is 1. The van der Waals surface area contributed by atoms with Crippen LogP contribution in [0.2, 0.25) is 0 Å². The van der Waals surface area contributed by atoms with Crippen molar-refractivity contribution >= 4 is 18.1 Å². The molecular weight excluding hydrogens is 584 g/mol. The Morgan fingerprint density at radius 3 is 1.87 bits per heavy atom. The highest BCUT2D eigenvalue weighted by Gasteiger charge is 2.36. The van der Waals surface area contributed by atoms with Gasteiger partial charge in [-0.2, -0.15) is 0 Å². The average Bonchev–Trinajstić information content (AvgIpc) is 2.99. The Bertz CT molecular complexity index is 1400. The molecule has 4 N–H and O–H groups in total. The Hall–Kier alpha value is -4.41. The molecule has 0 fully saturated rings. The molecular formula is C36H48N4O6. The van der Waals surface area contributed by atoms with Crippen molar-refractivity contribution in [3.8, 4) is 11.1 Å². The van der Waals surface area contributed by atoms with Gasteiger partial charge in [0.1, 0.15) is 11.6 Å². The molecule has 0 aromatic heterocycles. The number of ether oxygens (including phenoxy) is 2. The predicted molar refractivity (Wildman–Crippen MR) is 179 cm³/mol. The van der Waals surface area contributed by atoms with Crippen LogP contribution < -0.4 is 16.1 Å². The summed E-state index contributed by atoms with van der Waals surface area (Å²) in [5.41, 5.74) is 5.31. The molecule has 0 bridgehead atoms. The first-order valence-electron chi connectivity index (χ1n) is 15.4. The van der Waals surface area contributed by atoms with E-state index >= 15 is 0 Å². The van der Waals surface area contributed by atoms with Crippen molar-refractivity contribution in [2.24, 2.45) is 5.41 Å². The summed E-state index contributed by atoms with van der Waals surface area (Å²) in [4.78, 5) is 38.6. The molecule has 3 amide bonds. The van der Waals surface area contributed by atoms with Crippen LogP contribution >= 0.6 is 0 Å². The summed E-state index contributed by atoms with van der Waals surface area (Å²) in [5, 5.41) is 18.8. The summed E-state index contributed by atoms with van der Waals surface area (Å²) in [6.45, 7) is 11.0. The molecule has 46 heavy (non-hydrogen) atoms. The van der Waals surface area contributed by atoms with Crippen LogP contribution in [0, 0.1) is 5.41 Å². The van der Waals surface area contributed by atoms with Gasteiger partial charge in [-0.1, -0.05) is 106 Å². The highest BCUT2D eigenvalue weighted by molar-refractivity contribution is 5.86. The first kappa shape index (κ1) is 36.1. The molecule has 3 aromatic rings. The molecule has 0 aliphatic carbocycles. The first-order valence-corrected chi connectivity index (χ1v) is 15.4. The van der Waals surface area contributed by atoms with Gasteiger partial charge in [0, 0.05) is 13.1 Å². The third-order valence-corrected chi connectivity index (χ3v) is 7.16. The summed E-state index contributed by atoms with van der Waals surface area (Å²) in [5.74, 6) is -0.471. The maximum Gasteiger partial charge on any atom is 0.422 e. The molecule has 0 unspecified atom stereocenters. The fourth-order valence-corrected chi connectivity index (χ4v) is 4.86. The van der Waals surface area contributed by atoms with Crippen LogP contribution in [0.25, 0.3) is 11.1 Å². The Balaban J connectivity index is 1.87. The van der Waals surface area contributed by atoms with Crippen molar-refractivity contribution in [1.82, 2.24) is 21.1 Å². The zero-order valence-corrected chi connectivity index (χ0v) is 27.9. The Morgan fingerprint density at radius 2 is 1.33 bits per heavy atom. The zero-order valence-electron chi connectivity index (χ0n) is 27.9. The van der Waals surface area contributed by atoms with Crippen molar-refractivity contribution in [2.45, 2.75) is 78.3 Å². The summed E-state index contributed by atoms with van der Waals surface area (Å²) >= 11 is 0. The van der Waals surface area contributed by atoms with Gasteiger partial charge >= 0.3 is 12.2 Å². The monoisotopic (exact) mass is 632 g/mol. The van der Waals surface area contributed by atoms with Gasteiger partial charge in [-0.25, -0.2) is 14.6 Å². The molecule has 10 nitrogen and oxygen atoms in total. The minimum absolute atomic E-state index is 0.0396. The van der Waals surface area contributed by atoms with Crippen molar-refractivity contribution in [3.63, 3.8) is 0 Å². The molecule has 0 spiro atoms. The Labute approximate surface area is 272 Å². The topological polar surface area (TPSA) is 129 Å². The second-order valence-corrected chi connectivity index (χ2v) is 13.4. The standard InChI is InChI=1S/C36H48N4O6/c1-35(2,3)31(38-33(43)45-7)32(42)37-29(22-25-14-10-8-11-15-25)30(41)24-40(39-34(44)46-36(4,5)6)23-26-18-20-28(21-19-26)27-16-12-9-13-17-27/h8-21,29-31,41H,22-24H2,1-7H3,(H,37,42)(H,38,43)(H,39,44)/t29-,30-,31+/m0/s1. The predicted octanol–water partition coefficient (Wildman–Crippen LogP) is 5.45. The first-order chi connectivity index (χ1) is 21.6. The maximum atomic E-state index is 13.6. The number of benzene rings is 3. The quantitative estimate of drug-likeness (QED) is 0.195. The minimum atomic E-state index is -1.14. The van der Waals surface area contributed by atoms with Crippen LogP contribution in [0.4, 0.5) is 9.59 Å². The number of hydrogen-bond acceptors (Lipinski definition) is 7. The fourth-order valence-electron chi connectivity index (χ4n) is 4.86. The second-order valence-electron chi connectivity index (χ2n) is 13.4. The molecule has 0 aliphatic rings. The van der Waals surface area contributed by atoms with Gasteiger partial charge in [-0.15, -0.1) is 0 Å². The number of carbonyl (C=O) groups is 3. The third-order valence-electron chi connectivity index (χ3n) is 7.16. The van der Waals surface area contributed by atoms with E-state index in [-0.39, 0.29) is 13.1 Å². The maximum absolute atomic E-state index is 13.6. The zero-order chi connectivity index (χ0) is 33.9. The van der Waals surface area contributed by atoms with Crippen LogP contribution in [-0.2, 0) is 27.2 Å². The summed E-state index contributed by atoms with van der Waals surface area (Å²) in [7, 11) is 1.23. The SMILES string of the molecule is COC(=O)N[C@H](C(=O)N[C@@H](Cc1ccccc1)[C@@H](O)CN(Cc1ccc(-c2ccccc2)cc1)NC(=O)OC(C)(C)C)C(C)(C)C. The molecule has 10 heteroatoms. The van der Waals surface area contributed by atoms with Crippen molar-refractivity contribution in [2.75, 3.05) is 13.7 Å². The number of aliphatic hydroxyl groups excluding tert-OH is 1. The van der Waals surface area contributed by atoms with Gasteiger partial charge in [0.2, 0.25) is 5.91 Å². The van der Waals surface area contributed by atoms with E-state index in [9.17, 15) is 19.5 Å². The summed E-state index contributed by atoms with van der Waals surface area (Å²) in [6.07, 6.45) is -2.24. The normalized spacial score (nSPS) is 13.7. The molecule has 3 rings (SSSR count). The number of methoxy groups -OCH3 is 1. The number of rotatable bonds is 12. The molecule has 0 radical (unpaired) electrons. The smallest absolute Gasteiger partial charge is 0.422 e. The van der Waals surface area contributed by atoms with E-state index in [0.717, 1.165) is 22.3 Å². The lowest BCUT2D eigenvalue weighted by atomic mass is 9.85. The minimum Gasteiger partial charge on any atom is -0.453 e. The molecule has 0 aliphatic heterocycles. The number of hydrazine groups is 1. The number of nitrogens with one attached hydrogen (secondary N) is 3. The van der Waals surface area contributed by atoms with E-state index in [1.165, 1.54) is 7.11 Å².